The first-order valence-corrected chi connectivity index (χ1v) is 5.69. The molecule has 1 aliphatic rings. The van der Waals surface area contributed by atoms with Gasteiger partial charge in [-0.25, -0.2) is 15.0 Å². The zero-order chi connectivity index (χ0) is 13.6. The van der Waals surface area contributed by atoms with Gasteiger partial charge in [0, 0.05) is 20.1 Å². The van der Waals surface area contributed by atoms with E-state index in [-0.39, 0.29) is 25.9 Å². The van der Waals surface area contributed by atoms with Gasteiger partial charge < -0.3 is 25.8 Å². The first kappa shape index (κ1) is 15.2. The Kier molecular flexibility index (Phi) is 4.33. The SMILES string of the molecule is Nc1ncnc2c1ncn2[C@@H]1O[C@H](CO)[C@@H](O)[C@H]1O.[Tc]. The van der Waals surface area contributed by atoms with Crippen molar-refractivity contribution in [2.75, 3.05) is 12.3 Å². The molecule has 10 heteroatoms. The molecule has 3 rings (SSSR count). The molecule has 0 aromatic carbocycles. The van der Waals surface area contributed by atoms with Gasteiger partial charge in [-0.3, -0.25) is 4.57 Å². The van der Waals surface area contributed by atoms with Gasteiger partial charge in [0.25, 0.3) is 0 Å². The third-order valence-corrected chi connectivity index (χ3v) is 3.18. The standard InChI is InChI=1S/C10H13N5O4.Tc/c11-8-5-9(13-2-12-8)15(3-14-5)10-7(18)6(17)4(1-16)19-10;/h2-4,6-7,10,16-18H,1H2,(H2,11,12,13);/t4-,6-,7-,10-;/m1./s1. The molecule has 1 fully saturated rings. The van der Waals surface area contributed by atoms with Crippen LogP contribution in [0.15, 0.2) is 12.7 Å². The molecular weight excluding hydrogens is 352 g/mol. The second kappa shape index (κ2) is 5.68. The molecule has 0 spiro atoms. The number of hydrogen-bond acceptors (Lipinski definition) is 8. The molecular formula is C10H13N5O4Tc. The molecule has 109 valence electrons. The number of fused-ring (bicyclic) bond motifs is 1. The van der Waals surface area contributed by atoms with E-state index >= 15 is 0 Å². The van der Waals surface area contributed by atoms with E-state index in [4.69, 9.17) is 15.6 Å². The molecule has 0 unspecified atom stereocenters. The third kappa shape index (κ3) is 2.20. The first-order chi connectivity index (χ1) is 9.13. The number of aliphatic hydroxyl groups excluding tert-OH is 3. The average Bonchev–Trinajstić information content (AvgIpc) is 2.94. The van der Waals surface area contributed by atoms with Crippen LogP contribution in [0.2, 0.25) is 0 Å². The van der Waals surface area contributed by atoms with Gasteiger partial charge in [-0.05, 0) is 0 Å². The van der Waals surface area contributed by atoms with Crippen molar-refractivity contribution in [1.29, 1.82) is 0 Å². The number of rotatable bonds is 2. The number of nitrogens with zero attached hydrogens (tertiary/aromatic N) is 4. The molecule has 2 aromatic heterocycles. The van der Waals surface area contributed by atoms with Crippen LogP contribution in [0.3, 0.4) is 0 Å². The van der Waals surface area contributed by atoms with E-state index in [1.807, 2.05) is 0 Å². The molecule has 1 saturated heterocycles. The Morgan fingerprint density at radius 3 is 2.65 bits per heavy atom. The van der Waals surface area contributed by atoms with E-state index in [0.717, 1.165) is 0 Å². The summed E-state index contributed by atoms with van der Waals surface area (Å²) in [7, 11) is 0. The van der Waals surface area contributed by atoms with E-state index in [0.29, 0.717) is 11.2 Å². The summed E-state index contributed by atoms with van der Waals surface area (Å²) in [6, 6.07) is 0. The van der Waals surface area contributed by atoms with Crippen LogP contribution < -0.4 is 5.73 Å². The molecule has 0 amide bonds. The summed E-state index contributed by atoms with van der Waals surface area (Å²) >= 11 is 0. The number of nitrogen functional groups attached to an aromatic ring is 1. The van der Waals surface area contributed by atoms with Crippen LogP contribution >= 0.6 is 0 Å². The Hall–Kier alpha value is -1.16. The van der Waals surface area contributed by atoms with Crippen LogP contribution in [0.25, 0.3) is 11.2 Å². The molecule has 0 bridgehead atoms. The summed E-state index contributed by atoms with van der Waals surface area (Å²) in [5, 5.41) is 28.7. The van der Waals surface area contributed by atoms with E-state index in [1.165, 1.54) is 17.2 Å². The molecule has 4 atom stereocenters. The van der Waals surface area contributed by atoms with Crippen LogP contribution in [0.4, 0.5) is 5.82 Å². The van der Waals surface area contributed by atoms with Crippen molar-refractivity contribution in [3.8, 4) is 0 Å². The molecule has 1 aliphatic heterocycles. The number of nitrogens with two attached hydrogens (primary N) is 1. The van der Waals surface area contributed by atoms with Crippen LogP contribution in [0, 0.1) is 0 Å². The fourth-order valence-corrected chi connectivity index (χ4v) is 2.17. The predicted molar refractivity (Wildman–Crippen MR) is 62.7 cm³/mol. The molecule has 9 nitrogen and oxygen atoms in total. The predicted octanol–water partition coefficient (Wildman–Crippen LogP) is -1.98. The first-order valence-electron chi connectivity index (χ1n) is 5.69. The van der Waals surface area contributed by atoms with Gasteiger partial charge >= 0.3 is 0 Å². The van der Waals surface area contributed by atoms with Crippen LogP contribution in [-0.4, -0.2) is 59.8 Å². The van der Waals surface area contributed by atoms with Gasteiger partial charge in [-0.15, -0.1) is 0 Å². The summed E-state index contributed by atoms with van der Waals surface area (Å²) in [5.74, 6) is 0.218. The van der Waals surface area contributed by atoms with Crippen molar-refractivity contribution in [2.24, 2.45) is 0 Å². The number of anilines is 1. The largest absolute Gasteiger partial charge is 0.394 e. The smallest absolute Gasteiger partial charge is 0.167 e. The van der Waals surface area contributed by atoms with Gasteiger partial charge in [0.2, 0.25) is 0 Å². The van der Waals surface area contributed by atoms with E-state index < -0.39 is 31.1 Å². The molecule has 5 N–H and O–H groups in total. The quantitative estimate of drug-likeness (QED) is 0.480. The number of ether oxygens (including phenoxy) is 1. The van der Waals surface area contributed by atoms with Crippen molar-refractivity contribution < 1.29 is 40.2 Å². The van der Waals surface area contributed by atoms with Gasteiger partial charge in [-0.2, -0.15) is 0 Å². The van der Waals surface area contributed by atoms with Crippen LogP contribution in [0.1, 0.15) is 6.23 Å². The average molecular weight is 365 g/mol. The molecule has 20 heavy (non-hydrogen) atoms. The Labute approximate surface area is 126 Å². The number of imidazole rings is 1. The second-order valence-electron chi connectivity index (χ2n) is 4.31. The van der Waals surface area contributed by atoms with Crippen molar-refractivity contribution >= 4 is 17.0 Å². The monoisotopic (exact) mass is 364 g/mol. The Morgan fingerprint density at radius 1 is 1.25 bits per heavy atom. The molecule has 0 saturated carbocycles. The Balaban J connectivity index is 0.00000147. The molecule has 1 radical (unpaired) electrons. The minimum absolute atomic E-state index is 0. The Morgan fingerprint density at radius 2 is 2.00 bits per heavy atom. The molecule has 3 heterocycles. The van der Waals surface area contributed by atoms with Crippen molar-refractivity contribution in [2.45, 2.75) is 24.5 Å². The summed E-state index contributed by atoms with van der Waals surface area (Å²) in [6.45, 7) is -0.390. The summed E-state index contributed by atoms with van der Waals surface area (Å²) in [6.07, 6.45) is -1.42. The number of aromatic nitrogens is 4. The molecule has 2 aromatic rings. The molecule has 0 aliphatic carbocycles. The fourth-order valence-electron chi connectivity index (χ4n) is 2.17. The summed E-state index contributed by atoms with van der Waals surface area (Å²) < 4.78 is 6.85. The van der Waals surface area contributed by atoms with Gasteiger partial charge in [0.1, 0.15) is 30.2 Å². The zero-order valence-corrected chi connectivity index (χ0v) is 12.0. The van der Waals surface area contributed by atoms with Crippen molar-refractivity contribution in [3.63, 3.8) is 0 Å². The topological polar surface area (TPSA) is 140 Å². The van der Waals surface area contributed by atoms with Crippen molar-refractivity contribution in [1.82, 2.24) is 19.5 Å². The normalized spacial score (nSPS) is 29.6. The zero-order valence-electron chi connectivity index (χ0n) is 10.2. The Bertz CT molecular complexity index is 608. The van der Waals surface area contributed by atoms with Gasteiger partial charge in [0.05, 0.1) is 12.9 Å². The maximum Gasteiger partial charge on any atom is 0.167 e. The minimum atomic E-state index is -1.19. The van der Waals surface area contributed by atoms with Crippen LogP contribution in [-0.2, 0) is 24.8 Å². The van der Waals surface area contributed by atoms with Gasteiger partial charge in [-0.1, -0.05) is 0 Å². The van der Waals surface area contributed by atoms with E-state index in [9.17, 15) is 10.2 Å². The summed E-state index contributed by atoms with van der Waals surface area (Å²) in [5.41, 5.74) is 6.44. The summed E-state index contributed by atoms with van der Waals surface area (Å²) in [4.78, 5) is 11.9. The number of hydrogen-bond donors (Lipinski definition) is 4. The van der Waals surface area contributed by atoms with E-state index in [2.05, 4.69) is 15.0 Å². The minimum Gasteiger partial charge on any atom is -0.394 e. The number of aliphatic hydroxyl groups is 3. The maximum absolute atomic E-state index is 9.95. The second-order valence-corrected chi connectivity index (χ2v) is 4.31. The maximum atomic E-state index is 9.95. The van der Waals surface area contributed by atoms with Crippen molar-refractivity contribution in [3.05, 3.63) is 12.7 Å². The van der Waals surface area contributed by atoms with Crippen LogP contribution in [0.5, 0.6) is 0 Å². The van der Waals surface area contributed by atoms with Gasteiger partial charge in [0.15, 0.2) is 17.7 Å². The van der Waals surface area contributed by atoms with E-state index in [1.54, 1.807) is 0 Å². The third-order valence-electron chi connectivity index (χ3n) is 3.18. The fraction of sp³-hybridized carbons (Fsp3) is 0.500.